The van der Waals surface area contributed by atoms with Gasteiger partial charge < -0.3 is 9.47 Å². The molecule has 6 nitrogen and oxygen atoms in total. The lowest BCUT2D eigenvalue weighted by molar-refractivity contribution is 0.0591. The highest BCUT2D eigenvalue weighted by molar-refractivity contribution is 6.01. The SMILES string of the molecule is COC(=O)c1cc(-c2ccc(OC)cc2)n(C(C(=O)c2ccccc2)c2ccccc2)n1. The zero-order valence-corrected chi connectivity index (χ0v) is 17.8. The molecule has 0 bridgehead atoms. The highest BCUT2D eigenvalue weighted by atomic mass is 16.5. The molecule has 6 heteroatoms. The molecule has 0 radical (unpaired) electrons. The molecule has 3 aromatic carbocycles. The molecule has 0 aliphatic heterocycles. The van der Waals surface area contributed by atoms with E-state index >= 15 is 0 Å². The molecule has 0 aliphatic carbocycles. The Balaban J connectivity index is 1.92. The van der Waals surface area contributed by atoms with E-state index in [-0.39, 0.29) is 11.5 Å². The van der Waals surface area contributed by atoms with Crippen LogP contribution < -0.4 is 4.74 Å². The summed E-state index contributed by atoms with van der Waals surface area (Å²) in [7, 11) is 2.90. The van der Waals surface area contributed by atoms with Crippen LogP contribution in [0.1, 0.15) is 32.5 Å². The maximum atomic E-state index is 13.7. The maximum Gasteiger partial charge on any atom is 0.358 e. The van der Waals surface area contributed by atoms with Gasteiger partial charge in [0.2, 0.25) is 0 Å². The summed E-state index contributed by atoms with van der Waals surface area (Å²) in [6.45, 7) is 0. The van der Waals surface area contributed by atoms with Gasteiger partial charge in [-0.2, -0.15) is 5.10 Å². The van der Waals surface area contributed by atoms with Crippen LogP contribution in [0.4, 0.5) is 0 Å². The van der Waals surface area contributed by atoms with Crippen molar-refractivity contribution in [1.82, 2.24) is 9.78 Å². The Kier molecular flexibility index (Phi) is 6.12. The number of carbonyl (C=O) groups excluding carboxylic acids is 2. The minimum Gasteiger partial charge on any atom is -0.497 e. The molecule has 0 fully saturated rings. The van der Waals surface area contributed by atoms with E-state index in [1.165, 1.54) is 7.11 Å². The van der Waals surface area contributed by atoms with Crippen LogP contribution in [0.3, 0.4) is 0 Å². The monoisotopic (exact) mass is 426 g/mol. The second-order valence-electron chi connectivity index (χ2n) is 7.12. The summed E-state index contributed by atoms with van der Waals surface area (Å²) in [5.41, 5.74) is 2.84. The molecule has 1 aromatic heterocycles. The normalized spacial score (nSPS) is 11.6. The van der Waals surface area contributed by atoms with Crippen LogP contribution in [0.15, 0.2) is 91.0 Å². The number of ketones is 1. The number of nitrogens with zero attached hydrogens (tertiary/aromatic N) is 2. The van der Waals surface area contributed by atoms with Crippen LogP contribution in [-0.2, 0) is 4.74 Å². The third-order valence-corrected chi connectivity index (χ3v) is 5.18. The van der Waals surface area contributed by atoms with Gasteiger partial charge in [-0.25, -0.2) is 9.48 Å². The van der Waals surface area contributed by atoms with Gasteiger partial charge in [-0.3, -0.25) is 4.79 Å². The minimum absolute atomic E-state index is 0.125. The third kappa shape index (κ3) is 4.16. The van der Waals surface area contributed by atoms with E-state index in [4.69, 9.17) is 9.47 Å². The number of ether oxygens (including phenoxy) is 2. The van der Waals surface area contributed by atoms with E-state index < -0.39 is 12.0 Å². The third-order valence-electron chi connectivity index (χ3n) is 5.18. The van der Waals surface area contributed by atoms with Crippen LogP contribution in [0.5, 0.6) is 5.75 Å². The summed E-state index contributed by atoms with van der Waals surface area (Å²) >= 11 is 0. The van der Waals surface area contributed by atoms with Crippen LogP contribution in [0, 0.1) is 0 Å². The van der Waals surface area contributed by atoms with Crippen molar-refractivity contribution in [3.05, 3.63) is 108 Å². The fourth-order valence-electron chi connectivity index (χ4n) is 3.57. The van der Waals surface area contributed by atoms with Gasteiger partial charge in [-0.05, 0) is 35.9 Å². The first-order valence-corrected chi connectivity index (χ1v) is 10.1. The fourth-order valence-corrected chi connectivity index (χ4v) is 3.57. The maximum absolute atomic E-state index is 13.7. The van der Waals surface area contributed by atoms with Gasteiger partial charge in [0.1, 0.15) is 11.8 Å². The molecular weight excluding hydrogens is 404 g/mol. The highest BCUT2D eigenvalue weighted by Gasteiger charge is 2.29. The molecule has 0 amide bonds. The Morgan fingerprint density at radius 3 is 2.06 bits per heavy atom. The van der Waals surface area contributed by atoms with Crippen molar-refractivity contribution in [3.8, 4) is 17.0 Å². The number of benzene rings is 3. The predicted octanol–water partition coefficient (Wildman–Crippen LogP) is 4.82. The van der Waals surface area contributed by atoms with Crippen molar-refractivity contribution in [2.24, 2.45) is 0 Å². The highest BCUT2D eigenvalue weighted by Crippen LogP contribution is 2.31. The van der Waals surface area contributed by atoms with Gasteiger partial charge in [-0.15, -0.1) is 0 Å². The van der Waals surface area contributed by atoms with Crippen LogP contribution >= 0.6 is 0 Å². The van der Waals surface area contributed by atoms with Gasteiger partial charge in [0.15, 0.2) is 11.5 Å². The first kappa shape index (κ1) is 21.1. The van der Waals surface area contributed by atoms with Crippen LogP contribution in [0.25, 0.3) is 11.3 Å². The Morgan fingerprint density at radius 1 is 0.844 bits per heavy atom. The molecule has 0 saturated heterocycles. The van der Waals surface area contributed by atoms with Crippen molar-refractivity contribution < 1.29 is 19.1 Å². The number of rotatable bonds is 7. The van der Waals surface area contributed by atoms with E-state index in [1.807, 2.05) is 72.8 Å². The molecule has 0 saturated carbocycles. The molecule has 1 atom stereocenters. The lowest BCUT2D eigenvalue weighted by Crippen LogP contribution is -2.23. The molecule has 4 aromatic rings. The summed E-state index contributed by atoms with van der Waals surface area (Å²) in [4.78, 5) is 26.0. The molecular formula is C26H22N2O4. The fraction of sp³-hybridized carbons (Fsp3) is 0.115. The zero-order chi connectivity index (χ0) is 22.5. The largest absolute Gasteiger partial charge is 0.497 e. The van der Waals surface area contributed by atoms with Crippen molar-refractivity contribution in [2.45, 2.75) is 6.04 Å². The second-order valence-corrected chi connectivity index (χ2v) is 7.12. The first-order chi connectivity index (χ1) is 15.6. The van der Waals surface area contributed by atoms with E-state index in [0.29, 0.717) is 17.0 Å². The lowest BCUT2D eigenvalue weighted by Gasteiger charge is -2.20. The number of esters is 1. The molecule has 1 heterocycles. The molecule has 0 spiro atoms. The van der Waals surface area contributed by atoms with Crippen LogP contribution in [0.2, 0.25) is 0 Å². The number of carbonyl (C=O) groups is 2. The average Bonchev–Trinajstić information content (AvgIpc) is 3.29. The predicted molar refractivity (Wildman–Crippen MR) is 121 cm³/mol. The van der Waals surface area contributed by atoms with Gasteiger partial charge >= 0.3 is 5.97 Å². The van der Waals surface area contributed by atoms with Crippen molar-refractivity contribution >= 4 is 11.8 Å². The molecule has 0 N–H and O–H groups in total. The first-order valence-electron chi connectivity index (χ1n) is 10.1. The summed E-state index contributed by atoms with van der Waals surface area (Å²) in [5, 5.41) is 4.51. The number of hydrogen-bond acceptors (Lipinski definition) is 5. The molecule has 4 rings (SSSR count). The van der Waals surface area contributed by atoms with Crippen molar-refractivity contribution in [1.29, 1.82) is 0 Å². The van der Waals surface area contributed by atoms with Gasteiger partial charge in [-0.1, -0.05) is 60.7 Å². The van der Waals surface area contributed by atoms with E-state index in [0.717, 1.165) is 11.1 Å². The number of Topliss-reactive ketones (excluding diaryl/α,β-unsaturated/α-hetero) is 1. The minimum atomic E-state index is -0.769. The number of methoxy groups -OCH3 is 2. The zero-order valence-electron chi connectivity index (χ0n) is 17.8. The van der Waals surface area contributed by atoms with Crippen LogP contribution in [-0.4, -0.2) is 35.8 Å². The summed E-state index contributed by atoms with van der Waals surface area (Å²) in [5.74, 6) is -0.00320. The number of aromatic nitrogens is 2. The molecule has 32 heavy (non-hydrogen) atoms. The van der Waals surface area contributed by atoms with Gasteiger partial charge in [0, 0.05) is 11.1 Å². The van der Waals surface area contributed by atoms with E-state index in [1.54, 1.807) is 30.0 Å². The van der Waals surface area contributed by atoms with Gasteiger partial charge in [0.25, 0.3) is 0 Å². The second kappa shape index (κ2) is 9.31. The Hall–Kier alpha value is -4.19. The van der Waals surface area contributed by atoms with Gasteiger partial charge in [0.05, 0.1) is 19.9 Å². The molecule has 160 valence electrons. The van der Waals surface area contributed by atoms with Crippen molar-refractivity contribution in [2.75, 3.05) is 14.2 Å². The standard InChI is InChI=1S/C26H22N2O4/c1-31-21-15-13-18(14-16-21)23-17-22(26(30)32-2)27-28(23)24(19-9-5-3-6-10-19)25(29)20-11-7-4-8-12-20/h3-17,24H,1-2H3. The quantitative estimate of drug-likeness (QED) is 0.313. The Morgan fingerprint density at radius 2 is 1.47 bits per heavy atom. The van der Waals surface area contributed by atoms with E-state index in [2.05, 4.69) is 5.10 Å². The number of hydrogen-bond donors (Lipinski definition) is 0. The Labute approximate surface area is 186 Å². The smallest absolute Gasteiger partial charge is 0.358 e. The average molecular weight is 426 g/mol. The molecule has 0 aliphatic rings. The Bertz CT molecular complexity index is 1220. The molecule has 1 unspecified atom stereocenters. The van der Waals surface area contributed by atoms with Crippen molar-refractivity contribution in [3.63, 3.8) is 0 Å². The lowest BCUT2D eigenvalue weighted by atomic mass is 9.97. The topological polar surface area (TPSA) is 70.4 Å². The summed E-state index contributed by atoms with van der Waals surface area (Å²) in [6.07, 6.45) is 0. The summed E-state index contributed by atoms with van der Waals surface area (Å²) in [6, 6.07) is 26.7. The summed E-state index contributed by atoms with van der Waals surface area (Å²) < 4.78 is 11.7. The van der Waals surface area contributed by atoms with E-state index in [9.17, 15) is 9.59 Å².